The predicted molar refractivity (Wildman–Crippen MR) is 295 cm³/mol. The van der Waals surface area contributed by atoms with Gasteiger partial charge >= 0.3 is 0 Å². The summed E-state index contributed by atoms with van der Waals surface area (Å²) < 4.78 is 7.46. The molecule has 0 atom stereocenters. The topological polar surface area (TPSA) is 74.9 Å². The summed E-state index contributed by atoms with van der Waals surface area (Å²) in [5, 5.41) is 1.11. The number of nitrogens with zero attached hydrogens (tertiary/aromatic N) is 3. The number of furan rings is 1. The minimum Gasteiger partial charge on any atom is -0.468 e. The van der Waals surface area contributed by atoms with E-state index in [-0.39, 0.29) is 28.4 Å². The van der Waals surface area contributed by atoms with E-state index in [0.717, 1.165) is 80.5 Å². The Morgan fingerprint density at radius 2 is 1.22 bits per heavy atom. The maximum absolute atomic E-state index is 7.46. The molecule has 0 fully saturated rings. The van der Waals surface area contributed by atoms with Gasteiger partial charge in [-0.3, -0.25) is 0 Å². The highest BCUT2D eigenvalue weighted by molar-refractivity contribution is 7.00. The normalized spacial score (nSPS) is 15.7. The molecule has 0 amide bonds. The molecule has 7 aromatic carbocycles. The van der Waals surface area contributed by atoms with Crippen molar-refractivity contribution in [2.45, 2.75) is 117 Å². The fraction of sp³-hybridized carbons (Fsp3) is 0.290. The molecule has 69 heavy (non-hydrogen) atoms. The van der Waals surface area contributed by atoms with Crippen LogP contribution in [-0.4, -0.2) is 6.71 Å². The SMILES string of the molecule is Cc1ccccc1N1c2cc3c(cc2B2c4oc5ccc(C(C)(C)C)cc5c4N(c4ccc(C(C)(C)C)cc4)c4cc(N(c5ccccc5N)c5ccccc5CN)cc1c42)C(C)(C)CCC3(C)C. The number of nitrogen functional groups attached to an aromatic ring is 1. The van der Waals surface area contributed by atoms with Gasteiger partial charge < -0.3 is 30.6 Å². The van der Waals surface area contributed by atoms with E-state index in [1.165, 1.54) is 44.4 Å². The van der Waals surface area contributed by atoms with E-state index in [9.17, 15) is 0 Å². The Kier molecular flexibility index (Phi) is 10.2. The first-order valence-electron chi connectivity index (χ1n) is 24.9. The van der Waals surface area contributed by atoms with E-state index < -0.39 is 0 Å². The quantitative estimate of drug-likeness (QED) is 0.128. The lowest BCUT2D eigenvalue weighted by Crippen LogP contribution is -2.61. The summed E-state index contributed by atoms with van der Waals surface area (Å²) in [6.45, 7) is 25.9. The van der Waals surface area contributed by atoms with Gasteiger partial charge in [-0.05, 0) is 152 Å². The van der Waals surface area contributed by atoms with E-state index in [4.69, 9.17) is 15.9 Å². The summed E-state index contributed by atoms with van der Waals surface area (Å²) in [5.41, 5.74) is 35.7. The number of fused-ring (bicyclic) bond motifs is 7. The highest BCUT2D eigenvalue weighted by atomic mass is 16.3. The Morgan fingerprint density at radius 3 is 1.87 bits per heavy atom. The first-order valence-corrected chi connectivity index (χ1v) is 24.9. The largest absolute Gasteiger partial charge is 0.468 e. The van der Waals surface area contributed by atoms with Crippen LogP contribution in [0.2, 0.25) is 0 Å². The molecule has 0 radical (unpaired) electrons. The van der Waals surface area contributed by atoms with Crippen molar-refractivity contribution in [3.05, 3.63) is 173 Å². The zero-order valence-electron chi connectivity index (χ0n) is 42.4. The zero-order chi connectivity index (χ0) is 48.5. The minimum atomic E-state index is -0.220. The van der Waals surface area contributed by atoms with Gasteiger partial charge in [-0.25, -0.2) is 0 Å². The molecule has 0 saturated heterocycles. The minimum absolute atomic E-state index is 0.0132. The molecule has 1 aliphatic carbocycles. The van der Waals surface area contributed by atoms with Crippen molar-refractivity contribution in [1.29, 1.82) is 0 Å². The average Bonchev–Trinajstić information content (AvgIpc) is 3.69. The lowest BCUT2D eigenvalue weighted by atomic mass is 9.35. The van der Waals surface area contributed by atoms with E-state index in [1.54, 1.807) is 0 Å². The van der Waals surface area contributed by atoms with Crippen LogP contribution in [0.5, 0.6) is 0 Å². The summed E-state index contributed by atoms with van der Waals surface area (Å²) in [6, 6.07) is 51.6. The first-order chi connectivity index (χ1) is 32.8. The summed E-state index contributed by atoms with van der Waals surface area (Å²) in [7, 11) is 0. The molecule has 6 nitrogen and oxygen atoms in total. The van der Waals surface area contributed by atoms with Gasteiger partial charge in [0.25, 0.3) is 6.71 Å². The number of anilines is 10. The summed E-state index contributed by atoms with van der Waals surface area (Å²) in [4.78, 5) is 7.40. The number of nitrogens with two attached hydrogens (primary N) is 2. The van der Waals surface area contributed by atoms with Gasteiger partial charge in [0.2, 0.25) is 0 Å². The van der Waals surface area contributed by atoms with Gasteiger partial charge in [-0.2, -0.15) is 0 Å². The van der Waals surface area contributed by atoms with Crippen LogP contribution < -0.4 is 42.8 Å². The molecule has 7 heteroatoms. The molecule has 348 valence electrons. The Hall–Kier alpha value is -6.70. The fourth-order valence-electron chi connectivity index (χ4n) is 11.6. The molecule has 0 bridgehead atoms. The number of hydrogen-bond donors (Lipinski definition) is 2. The van der Waals surface area contributed by atoms with E-state index in [2.05, 4.69) is 218 Å². The molecule has 8 aromatic rings. The lowest BCUT2D eigenvalue weighted by Gasteiger charge is -2.47. The molecule has 0 saturated carbocycles. The van der Waals surface area contributed by atoms with Gasteiger partial charge in [-0.15, -0.1) is 0 Å². The van der Waals surface area contributed by atoms with Crippen LogP contribution in [0.3, 0.4) is 0 Å². The fourth-order valence-corrected chi connectivity index (χ4v) is 11.6. The molecule has 4 N–H and O–H groups in total. The van der Waals surface area contributed by atoms with Crippen LogP contribution in [0.1, 0.15) is 115 Å². The molecule has 11 rings (SSSR count). The third kappa shape index (κ3) is 7.10. The number of benzene rings is 7. The van der Waals surface area contributed by atoms with Gasteiger partial charge in [-0.1, -0.05) is 142 Å². The van der Waals surface area contributed by atoms with Crippen molar-refractivity contribution < 1.29 is 4.42 Å². The van der Waals surface area contributed by atoms with E-state index in [1.807, 2.05) is 12.1 Å². The van der Waals surface area contributed by atoms with Gasteiger partial charge in [0, 0.05) is 40.4 Å². The highest BCUT2D eigenvalue weighted by Crippen LogP contribution is 2.54. The van der Waals surface area contributed by atoms with Crippen molar-refractivity contribution in [1.82, 2.24) is 0 Å². The van der Waals surface area contributed by atoms with Crippen LogP contribution in [0.15, 0.2) is 144 Å². The number of aryl methyl sites for hydroxylation is 1. The number of para-hydroxylation sites is 4. The van der Waals surface area contributed by atoms with Crippen LogP contribution in [0.25, 0.3) is 11.0 Å². The second-order valence-corrected chi connectivity index (χ2v) is 23.3. The van der Waals surface area contributed by atoms with E-state index >= 15 is 0 Å². The van der Waals surface area contributed by atoms with Crippen LogP contribution in [0.4, 0.5) is 56.9 Å². The first kappa shape index (κ1) is 44.8. The average molecular weight is 908 g/mol. The third-order valence-corrected chi connectivity index (χ3v) is 15.7. The van der Waals surface area contributed by atoms with E-state index in [0.29, 0.717) is 12.2 Å². The lowest BCUT2D eigenvalue weighted by molar-refractivity contribution is 0.332. The summed E-state index contributed by atoms with van der Waals surface area (Å²) >= 11 is 0. The van der Waals surface area contributed by atoms with Crippen LogP contribution in [0, 0.1) is 6.92 Å². The standard InChI is InChI=1S/C62H66BN5O/c1-38-18-12-15-21-49(38)68-52-36-46-45(61(8,9)30-31-62(46,10)11)35-47(52)63-56-53(33-43(34-54(56)68)66(51-23-17-14-20-48(51)65)50-22-16-13-19-39(50)37-64)67(42-27-24-40(25-28-42)59(2,3)4)57-44-32-41(60(5,6)7)26-29-55(44)69-58(57)63/h12-29,32-36H,30-31,37,64-65H2,1-11H3. The molecule has 0 spiro atoms. The maximum Gasteiger partial charge on any atom is 0.297 e. The highest BCUT2D eigenvalue weighted by Gasteiger charge is 2.49. The van der Waals surface area contributed by atoms with Gasteiger partial charge in [0.15, 0.2) is 0 Å². The molecule has 2 aliphatic heterocycles. The Labute approximate surface area is 410 Å². The van der Waals surface area contributed by atoms with Gasteiger partial charge in [0.1, 0.15) is 5.58 Å². The molecular weight excluding hydrogens is 842 g/mol. The summed E-state index contributed by atoms with van der Waals surface area (Å²) in [5.74, 6) is 0. The maximum atomic E-state index is 7.46. The molecular formula is C62H66BN5O. The van der Waals surface area contributed by atoms with Gasteiger partial charge in [0.05, 0.1) is 34.1 Å². The third-order valence-electron chi connectivity index (χ3n) is 15.7. The monoisotopic (exact) mass is 908 g/mol. The Bertz CT molecular complexity index is 3350. The van der Waals surface area contributed by atoms with Crippen molar-refractivity contribution in [3.63, 3.8) is 0 Å². The molecule has 1 aromatic heterocycles. The molecule has 3 aliphatic rings. The van der Waals surface area contributed by atoms with Crippen LogP contribution >= 0.6 is 0 Å². The van der Waals surface area contributed by atoms with Crippen molar-refractivity contribution in [2.24, 2.45) is 5.73 Å². The Balaban J connectivity index is 1.33. The number of hydrogen-bond acceptors (Lipinski definition) is 6. The predicted octanol–water partition coefficient (Wildman–Crippen LogP) is 14.3. The second kappa shape index (κ2) is 15.7. The smallest absolute Gasteiger partial charge is 0.297 e. The second-order valence-electron chi connectivity index (χ2n) is 23.3. The van der Waals surface area contributed by atoms with Crippen molar-refractivity contribution in [2.75, 3.05) is 20.4 Å². The molecule has 0 unspecified atom stereocenters. The zero-order valence-corrected chi connectivity index (χ0v) is 42.4. The van der Waals surface area contributed by atoms with Crippen molar-refractivity contribution in [3.8, 4) is 0 Å². The summed E-state index contributed by atoms with van der Waals surface area (Å²) in [6.07, 6.45) is 2.24. The van der Waals surface area contributed by atoms with Crippen LogP contribution in [-0.2, 0) is 28.2 Å². The van der Waals surface area contributed by atoms with Crippen molar-refractivity contribution >= 4 is 91.1 Å². The Morgan fingerprint density at radius 1 is 0.623 bits per heavy atom. The number of rotatable bonds is 6. The molecule has 3 heterocycles.